The molecule has 3 nitrogen and oxygen atoms in total. The molecular formula is C10H16N2OS. The van der Waals surface area contributed by atoms with Crippen molar-refractivity contribution in [2.75, 3.05) is 5.73 Å². The molecular weight excluding hydrogens is 196 g/mol. The summed E-state index contributed by atoms with van der Waals surface area (Å²) in [5, 5.41) is 10.9. The average Bonchev–Trinajstić information content (AvgIpc) is 2.58. The highest BCUT2D eigenvalue weighted by atomic mass is 32.1. The standard InChI is InChI=1S/C10H16N2OS/c1-7-2-4-10(13,5-3-7)8-6-12-9(11)14-8/h6-7,13H,2-5H2,1H3,(H2,11,12). The van der Waals surface area contributed by atoms with Crippen molar-refractivity contribution in [1.82, 2.24) is 4.98 Å². The number of hydrogen-bond acceptors (Lipinski definition) is 4. The number of thiazole rings is 1. The first-order valence-corrected chi connectivity index (χ1v) is 5.86. The van der Waals surface area contributed by atoms with E-state index in [1.54, 1.807) is 6.20 Å². The van der Waals surface area contributed by atoms with Crippen molar-refractivity contribution in [3.63, 3.8) is 0 Å². The maximum absolute atomic E-state index is 10.4. The minimum absolute atomic E-state index is 0.548. The molecule has 0 bridgehead atoms. The van der Waals surface area contributed by atoms with Crippen LogP contribution in [-0.4, -0.2) is 10.1 Å². The van der Waals surface area contributed by atoms with Gasteiger partial charge in [-0.3, -0.25) is 0 Å². The molecule has 2 rings (SSSR count). The lowest BCUT2D eigenvalue weighted by molar-refractivity contribution is -0.00885. The highest BCUT2D eigenvalue weighted by molar-refractivity contribution is 7.15. The van der Waals surface area contributed by atoms with E-state index < -0.39 is 5.60 Å². The lowest BCUT2D eigenvalue weighted by Gasteiger charge is -2.33. The van der Waals surface area contributed by atoms with Gasteiger partial charge in [0.1, 0.15) is 5.60 Å². The molecule has 0 atom stereocenters. The first-order chi connectivity index (χ1) is 6.60. The highest BCUT2D eigenvalue weighted by Crippen LogP contribution is 2.41. The zero-order chi connectivity index (χ0) is 10.2. The molecule has 4 heteroatoms. The van der Waals surface area contributed by atoms with Crippen molar-refractivity contribution in [1.29, 1.82) is 0 Å². The van der Waals surface area contributed by atoms with E-state index in [4.69, 9.17) is 5.73 Å². The Morgan fingerprint density at radius 1 is 1.57 bits per heavy atom. The molecule has 1 saturated carbocycles. The van der Waals surface area contributed by atoms with Gasteiger partial charge < -0.3 is 10.8 Å². The quantitative estimate of drug-likeness (QED) is 0.749. The lowest BCUT2D eigenvalue weighted by Crippen LogP contribution is -2.29. The van der Waals surface area contributed by atoms with Crippen molar-refractivity contribution in [2.24, 2.45) is 5.92 Å². The number of nitrogen functional groups attached to an aromatic ring is 1. The van der Waals surface area contributed by atoms with Crippen LogP contribution in [0, 0.1) is 5.92 Å². The number of hydrogen-bond donors (Lipinski definition) is 2. The van der Waals surface area contributed by atoms with Crippen LogP contribution < -0.4 is 5.73 Å². The largest absolute Gasteiger partial charge is 0.384 e. The second-order valence-electron chi connectivity index (χ2n) is 4.28. The molecule has 0 spiro atoms. The highest BCUT2D eigenvalue weighted by Gasteiger charge is 2.35. The smallest absolute Gasteiger partial charge is 0.180 e. The molecule has 0 unspecified atom stereocenters. The summed E-state index contributed by atoms with van der Waals surface area (Å²) in [5.74, 6) is 0.737. The summed E-state index contributed by atoms with van der Waals surface area (Å²) in [6, 6.07) is 0. The van der Waals surface area contributed by atoms with Crippen LogP contribution in [-0.2, 0) is 5.60 Å². The number of anilines is 1. The Morgan fingerprint density at radius 2 is 2.21 bits per heavy atom. The van der Waals surface area contributed by atoms with E-state index in [9.17, 15) is 5.11 Å². The Bertz CT molecular complexity index is 316. The molecule has 3 N–H and O–H groups in total. The summed E-state index contributed by atoms with van der Waals surface area (Å²) >= 11 is 1.41. The Labute approximate surface area is 88.0 Å². The molecule has 0 aromatic carbocycles. The normalized spacial score (nSPS) is 33.1. The predicted molar refractivity (Wildman–Crippen MR) is 58.1 cm³/mol. The summed E-state index contributed by atoms with van der Waals surface area (Å²) in [6.45, 7) is 2.24. The topological polar surface area (TPSA) is 59.1 Å². The van der Waals surface area contributed by atoms with E-state index in [0.29, 0.717) is 5.13 Å². The number of aliphatic hydroxyl groups is 1. The number of rotatable bonds is 1. The average molecular weight is 212 g/mol. The van der Waals surface area contributed by atoms with Crippen molar-refractivity contribution in [3.05, 3.63) is 11.1 Å². The molecule has 14 heavy (non-hydrogen) atoms. The van der Waals surface area contributed by atoms with E-state index in [2.05, 4.69) is 11.9 Å². The molecule has 1 aromatic heterocycles. The second-order valence-corrected chi connectivity index (χ2v) is 5.34. The monoisotopic (exact) mass is 212 g/mol. The Kier molecular flexibility index (Phi) is 2.49. The van der Waals surface area contributed by atoms with Crippen LogP contribution in [0.3, 0.4) is 0 Å². The van der Waals surface area contributed by atoms with Crippen LogP contribution in [0.2, 0.25) is 0 Å². The van der Waals surface area contributed by atoms with E-state index in [1.165, 1.54) is 11.3 Å². The van der Waals surface area contributed by atoms with Crippen LogP contribution in [0.15, 0.2) is 6.20 Å². The van der Waals surface area contributed by atoms with Crippen LogP contribution in [0.25, 0.3) is 0 Å². The first kappa shape index (κ1) is 9.93. The van der Waals surface area contributed by atoms with Crippen molar-refractivity contribution in [2.45, 2.75) is 38.2 Å². The number of nitrogens with two attached hydrogens (primary N) is 1. The van der Waals surface area contributed by atoms with E-state index in [-0.39, 0.29) is 0 Å². The van der Waals surface area contributed by atoms with Gasteiger partial charge >= 0.3 is 0 Å². The zero-order valence-corrected chi connectivity index (χ0v) is 9.18. The maximum Gasteiger partial charge on any atom is 0.180 e. The number of nitrogens with zero attached hydrogens (tertiary/aromatic N) is 1. The summed E-state index contributed by atoms with van der Waals surface area (Å²) in [5.41, 5.74) is 4.92. The molecule has 0 amide bonds. The molecule has 78 valence electrons. The SMILES string of the molecule is CC1CCC(O)(c2cnc(N)s2)CC1. The van der Waals surface area contributed by atoms with Crippen molar-refractivity contribution in [3.8, 4) is 0 Å². The van der Waals surface area contributed by atoms with E-state index >= 15 is 0 Å². The Balaban J connectivity index is 2.16. The third-order valence-electron chi connectivity index (χ3n) is 3.08. The molecule has 1 aliphatic carbocycles. The summed E-state index contributed by atoms with van der Waals surface area (Å²) in [7, 11) is 0. The second kappa shape index (κ2) is 3.51. The van der Waals surface area contributed by atoms with Gasteiger partial charge in [0.05, 0.1) is 4.88 Å². The fraction of sp³-hybridized carbons (Fsp3) is 0.700. The molecule has 0 aliphatic heterocycles. The van der Waals surface area contributed by atoms with Gasteiger partial charge in [0, 0.05) is 6.20 Å². The zero-order valence-electron chi connectivity index (χ0n) is 8.36. The molecule has 0 radical (unpaired) electrons. The third kappa shape index (κ3) is 1.77. The van der Waals surface area contributed by atoms with Gasteiger partial charge in [0.25, 0.3) is 0 Å². The van der Waals surface area contributed by atoms with Crippen molar-refractivity contribution >= 4 is 16.5 Å². The van der Waals surface area contributed by atoms with E-state index in [0.717, 1.165) is 36.5 Å². The molecule has 1 aromatic rings. The first-order valence-electron chi connectivity index (χ1n) is 5.04. The summed E-state index contributed by atoms with van der Waals surface area (Å²) in [6.07, 6.45) is 5.59. The minimum Gasteiger partial charge on any atom is -0.384 e. The fourth-order valence-corrected chi connectivity index (χ4v) is 2.82. The summed E-state index contributed by atoms with van der Waals surface area (Å²) in [4.78, 5) is 4.92. The van der Waals surface area contributed by atoms with Crippen LogP contribution in [0.4, 0.5) is 5.13 Å². The lowest BCUT2D eigenvalue weighted by atomic mass is 9.79. The van der Waals surface area contributed by atoms with Gasteiger partial charge in [0.15, 0.2) is 5.13 Å². The molecule has 0 saturated heterocycles. The van der Waals surface area contributed by atoms with Crippen LogP contribution >= 0.6 is 11.3 Å². The minimum atomic E-state index is -0.651. The van der Waals surface area contributed by atoms with Gasteiger partial charge in [-0.2, -0.15) is 0 Å². The molecule has 1 fully saturated rings. The van der Waals surface area contributed by atoms with Gasteiger partial charge in [-0.15, -0.1) is 0 Å². The van der Waals surface area contributed by atoms with Gasteiger partial charge in [0.2, 0.25) is 0 Å². The molecule has 1 aliphatic rings. The third-order valence-corrected chi connectivity index (χ3v) is 4.10. The Hall–Kier alpha value is -0.610. The van der Waals surface area contributed by atoms with Gasteiger partial charge in [-0.25, -0.2) is 4.98 Å². The van der Waals surface area contributed by atoms with Crippen LogP contribution in [0.5, 0.6) is 0 Å². The van der Waals surface area contributed by atoms with Gasteiger partial charge in [-0.05, 0) is 31.6 Å². The number of aromatic nitrogens is 1. The Morgan fingerprint density at radius 3 is 2.71 bits per heavy atom. The van der Waals surface area contributed by atoms with Crippen LogP contribution in [0.1, 0.15) is 37.5 Å². The van der Waals surface area contributed by atoms with Crippen molar-refractivity contribution < 1.29 is 5.11 Å². The maximum atomic E-state index is 10.4. The fourth-order valence-electron chi connectivity index (χ4n) is 1.99. The predicted octanol–water partition coefficient (Wildman–Crippen LogP) is 2.12. The molecule has 1 heterocycles. The van der Waals surface area contributed by atoms with E-state index in [1.807, 2.05) is 0 Å². The van der Waals surface area contributed by atoms with Gasteiger partial charge in [-0.1, -0.05) is 18.3 Å². The summed E-state index contributed by atoms with van der Waals surface area (Å²) < 4.78 is 0.